The predicted molar refractivity (Wildman–Crippen MR) is 79.7 cm³/mol. The Labute approximate surface area is 128 Å². The molecule has 1 aromatic carbocycles. The lowest BCUT2D eigenvalue weighted by atomic mass is 10.2. The second-order valence-corrected chi connectivity index (χ2v) is 7.10. The second-order valence-electron chi connectivity index (χ2n) is 4.62. The van der Waals surface area contributed by atoms with Gasteiger partial charge in [-0.2, -0.15) is 0 Å². The average Bonchev–Trinajstić information content (AvgIpc) is 2.38. The van der Waals surface area contributed by atoms with Crippen LogP contribution in [0.4, 0.5) is 5.69 Å². The van der Waals surface area contributed by atoms with Crippen molar-refractivity contribution in [3.63, 3.8) is 0 Å². The lowest BCUT2D eigenvalue weighted by Gasteiger charge is -2.20. The first-order valence-electron chi connectivity index (χ1n) is 6.07. The third-order valence-electron chi connectivity index (χ3n) is 2.66. The fourth-order valence-corrected chi connectivity index (χ4v) is 3.72. The lowest BCUT2D eigenvalue weighted by molar-refractivity contribution is 0.171. The van der Waals surface area contributed by atoms with Gasteiger partial charge in [0.05, 0.1) is 16.5 Å². The van der Waals surface area contributed by atoms with Gasteiger partial charge >= 0.3 is 0 Å². The van der Waals surface area contributed by atoms with Crippen LogP contribution in [0.5, 0.6) is 11.5 Å². The summed E-state index contributed by atoms with van der Waals surface area (Å²) in [5, 5.41) is 0.261. The molecule has 1 aromatic rings. The molecule has 0 spiro atoms. The third kappa shape index (κ3) is 3.84. The fraction of sp³-hybridized carbons (Fsp3) is 0.500. The van der Waals surface area contributed by atoms with Gasteiger partial charge in [-0.25, -0.2) is 8.42 Å². The van der Waals surface area contributed by atoms with E-state index in [-0.39, 0.29) is 28.3 Å². The number of alkyl halides is 1. The molecule has 8 heteroatoms. The van der Waals surface area contributed by atoms with Crippen LogP contribution >= 0.6 is 23.2 Å². The summed E-state index contributed by atoms with van der Waals surface area (Å²) < 4.78 is 37.2. The smallest absolute Gasteiger partial charge is 0.233 e. The zero-order chi connectivity index (χ0) is 14.8. The van der Waals surface area contributed by atoms with E-state index in [4.69, 9.17) is 32.7 Å². The van der Waals surface area contributed by atoms with E-state index >= 15 is 0 Å². The van der Waals surface area contributed by atoms with Crippen LogP contribution in [0, 0.1) is 5.92 Å². The van der Waals surface area contributed by atoms with Crippen molar-refractivity contribution in [2.24, 2.45) is 5.92 Å². The van der Waals surface area contributed by atoms with Gasteiger partial charge < -0.3 is 9.47 Å². The van der Waals surface area contributed by atoms with Crippen LogP contribution in [0.3, 0.4) is 0 Å². The van der Waals surface area contributed by atoms with Gasteiger partial charge in [0.25, 0.3) is 0 Å². The highest BCUT2D eigenvalue weighted by atomic mass is 35.5. The Morgan fingerprint density at radius 3 is 2.50 bits per heavy atom. The standard InChI is InChI=1S/C12H15Cl2NO4S/c1-8(6-13)7-20(16,17)15-10-5-12-11(4-9(10)14)18-2-3-19-12/h4-5,8,15H,2-3,6-7H2,1H3. The van der Waals surface area contributed by atoms with Gasteiger partial charge in [0.1, 0.15) is 13.2 Å². The number of anilines is 1. The molecular weight excluding hydrogens is 325 g/mol. The number of benzene rings is 1. The summed E-state index contributed by atoms with van der Waals surface area (Å²) in [5.41, 5.74) is 0.276. The van der Waals surface area contributed by atoms with E-state index in [2.05, 4.69) is 4.72 Å². The molecule has 0 saturated carbocycles. The Kier molecular flexibility index (Phi) is 4.88. The molecule has 0 bridgehead atoms. The second kappa shape index (κ2) is 6.28. The fourth-order valence-electron chi connectivity index (χ4n) is 1.77. The Morgan fingerprint density at radius 2 is 1.90 bits per heavy atom. The van der Waals surface area contributed by atoms with E-state index in [1.54, 1.807) is 13.0 Å². The largest absolute Gasteiger partial charge is 0.486 e. The number of sulfonamides is 1. The number of halogens is 2. The van der Waals surface area contributed by atoms with Gasteiger partial charge in [-0.1, -0.05) is 18.5 Å². The van der Waals surface area contributed by atoms with Crippen LogP contribution in [0.1, 0.15) is 6.92 Å². The van der Waals surface area contributed by atoms with E-state index in [0.29, 0.717) is 24.7 Å². The van der Waals surface area contributed by atoms with Crippen molar-refractivity contribution in [1.82, 2.24) is 0 Å². The summed E-state index contributed by atoms with van der Waals surface area (Å²) in [6.45, 7) is 2.63. The average molecular weight is 340 g/mol. The first-order valence-corrected chi connectivity index (χ1v) is 8.63. The molecule has 20 heavy (non-hydrogen) atoms. The molecular formula is C12H15Cl2NO4S. The molecule has 0 saturated heterocycles. The molecule has 0 amide bonds. The zero-order valence-corrected chi connectivity index (χ0v) is 13.2. The Hall–Kier alpha value is -0.850. The topological polar surface area (TPSA) is 64.6 Å². The normalized spacial score (nSPS) is 15.8. The minimum Gasteiger partial charge on any atom is -0.486 e. The summed E-state index contributed by atoms with van der Waals surface area (Å²) in [4.78, 5) is 0. The van der Waals surface area contributed by atoms with Gasteiger partial charge in [-0.05, 0) is 5.92 Å². The van der Waals surface area contributed by atoms with Crippen LogP contribution in [0.2, 0.25) is 5.02 Å². The van der Waals surface area contributed by atoms with Crippen molar-refractivity contribution < 1.29 is 17.9 Å². The van der Waals surface area contributed by atoms with Crippen molar-refractivity contribution in [3.8, 4) is 11.5 Å². The van der Waals surface area contributed by atoms with E-state index in [1.807, 2.05) is 0 Å². The van der Waals surface area contributed by atoms with Gasteiger partial charge in [0.15, 0.2) is 11.5 Å². The number of hydrogen-bond acceptors (Lipinski definition) is 4. The maximum absolute atomic E-state index is 12.0. The number of ether oxygens (including phenoxy) is 2. The molecule has 1 aliphatic heterocycles. The van der Waals surface area contributed by atoms with E-state index in [1.165, 1.54) is 6.07 Å². The van der Waals surface area contributed by atoms with Crippen molar-refractivity contribution in [1.29, 1.82) is 0 Å². The van der Waals surface area contributed by atoms with E-state index in [0.717, 1.165) is 0 Å². The van der Waals surface area contributed by atoms with Crippen molar-refractivity contribution >= 4 is 38.9 Å². The molecule has 0 aromatic heterocycles. The Morgan fingerprint density at radius 1 is 1.30 bits per heavy atom. The minimum absolute atomic E-state index is 0.0682. The zero-order valence-electron chi connectivity index (χ0n) is 10.9. The van der Waals surface area contributed by atoms with Crippen molar-refractivity contribution in [2.75, 3.05) is 29.6 Å². The molecule has 1 unspecified atom stereocenters. The predicted octanol–water partition coefficient (Wildman–Crippen LogP) is 2.73. The first kappa shape index (κ1) is 15.5. The quantitative estimate of drug-likeness (QED) is 0.837. The molecule has 1 heterocycles. The molecule has 1 atom stereocenters. The molecule has 0 aliphatic carbocycles. The highest BCUT2D eigenvalue weighted by Crippen LogP contribution is 2.38. The van der Waals surface area contributed by atoms with Crippen LogP contribution in [-0.2, 0) is 10.0 Å². The summed E-state index contributed by atoms with van der Waals surface area (Å²) in [5.74, 6) is 1.05. The van der Waals surface area contributed by atoms with Crippen molar-refractivity contribution in [2.45, 2.75) is 6.92 Å². The molecule has 1 aliphatic rings. The van der Waals surface area contributed by atoms with Crippen molar-refractivity contribution in [3.05, 3.63) is 17.2 Å². The summed E-state index contributed by atoms with van der Waals surface area (Å²) in [7, 11) is -3.51. The van der Waals surface area contributed by atoms with Crippen LogP contribution in [0.15, 0.2) is 12.1 Å². The van der Waals surface area contributed by atoms with Crippen LogP contribution < -0.4 is 14.2 Å². The molecule has 0 radical (unpaired) electrons. The monoisotopic (exact) mass is 339 g/mol. The number of hydrogen-bond donors (Lipinski definition) is 1. The number of rotatable bonds is 5. The summed E-state index contributed by atoms with van der Waals surface area (Å²) >= 11 is 11.7. The Bertz CT molecular complexity index is 591. The van der Waals surface area contributed by atoms with E-state index in [9.17, 15) is 8.42 Å². The minimum atomic E-state index is -3.51. The van der Waals surface area contributed by atoms with E-state index < -0.39 is 10.0 Å². The molecule has 112 valence electrons. The SMILES string of the molecule is CC(CCl)CS(=O)(=O)Nc1cc2c(cc1Cl)OCCO2. The highest BCUT2D eigenvalue weighted by molar-refractivity contribution is 7.92. The number of fused-ring (bicyclic) bond motifs is 1. The molecule has 5 nitrogen and oxygen atoms in total. The molecule has 0 fully saturated rings. The molecule has 1 N–H and O–H groups in total. The number of nitrogens with one attached hydrogen (secondary N) is 1. The maximum atomic E-state index is 12.0. The Balaban J connectivity index is 2.21. The van der Waals surface area contributed by atoms with Gasteiger partial charge in [-0.15, -0.1) is 11.6 Å². The van der Waals surface area contributed by atoms with Crippen LogP contribution in [0.25, 0.3) is 0 Å². The van der Waals surface area contributed by atoms with Gasteiger partial charge in [-0.3, -0.25) is 4.72 Å². The first-order chi connectivity index (χ1) is 9.41. The van der Waals surface area contributed by atoms with Crippen LogP contribution in [-0.4, -0.2) is 33.3 Å². The summed E-state index contributed by atoms with van der Waals surface area (Å²) in [6.07, 6.45) is 0. The third-order valence-corrected chi connectivity index (χ3v) is 5.04. The highest BCUT2D eigenvalue weighted by Gasteiger charge is 2.20. The summed E-state index contributed by atoms with van der Waals surface area (Å²) in [6, 6.07) is 3.07. The maximum Gasteiger partial charge on any atom is 0.233 e. The van der Waals surface area contributed by atoms with Gasteiger partial charge in [0, 0.05) is 18.0 Å². The molecule has 2 rings (SSSR count). The van der Waals surface area contributed by atoms with Gasteiger partial charge in [0.2, 0.25) is 10.0 Å². The lowest BCUT2D eigenvalue weighted by Crippen LogP contribution is -2.22.